The molecular formula is C28H33BF3NO3. The molecule has 0 amide bonds. The molecule has 0 spiro atoms. The van der Waals surface area contributed by atoms with E-state index in [0.717, 1.165) is 36.7 Å². The lowest BCUT2D eigenvalue weighted by Crippen LogP contribution is -2.55. The van der Waals surface area contributed by atoms with E-state index in [1.807, 2.05) is 0 Å². The summed E-state index contributed by atoms with van der Waals surface area (Å²) in [7, 11) is 5.24. The van der Waals surface area contributed by atoms with Gasteiger partial charge in [0.2, 0.25) is 0 Å². The molecule has 0 aliphatic heterocycles. The summed E-state index contributed by atoms with van der Waals surface area (Å²) in [5.74, 6) is -0.468. The lowest BCUT2D eigenvalue weighted by atomic mass is 9.82. The third-order valence-corrected chi connectivity index (χ3v) is 5.60. The van der Waals surface area contributed by atoms with Crippen LogP contribution in [0.4, 0.5) is 13.2 Å². The number of rotatable bonds is 8. The van der Waals surface area contributed by atoms with Gasteiger partial charge >= 0.3 is 7.32 Å². The van der Waals surface area contributed by atoms with E-state index in [9.17, 15) is 13.2 Å². The molecular weight excluding hydrogens is 466 g/mol. The summed E-state index contributed by atoms with van der Waals surface area (Å²) in [4.78, 5) is 0. The van der Waals surface area contributed by atoms with Gasteiger partial charge in [-0.3, -0.25) is 4.39 Å². The van der Waals surface area contributed by atoms with Crippen molar-refractivity contribution in [3.63, 3.8) is 0 Å². The minimum absolute atomic E-state index is 0.234. The normalized spacial score (nSPS) is 14.8. The number of halogens is 3. The van der Waals surface area contributed by atoms with Crippen LogP contribution in [0.25, 0.3) is 0 Å². The second kappa shape index (κ2) is 12.8. The van der Waals surface area contributed by atoms with Gasteiger partial charge in [-0.05, 0) is 37.1 Å². The Hall–Kier alpha value is -2.97. The van der Waals surface area contributed by atoms with E-state index in [2.05, 4.69) is 27.2 Å². The fourth-order valence-electron chi connectivity index (χ4n) is 4.32. The van der Waals surface area contributed by atoms with Crippen LogP contribution in [-0.4, -0.2) is 45.1 Å². The summed E-state index contributed by atoms with van der Waals surface area (Å²) < 4.78 is 58.1. The summed E-state index contributed by atoms with van der Waals surface area (Å²) in [5.41, 5.74) is -0.429. The molecule has 0 N–H and O–H groups in total. The summed E-state index contributed by atoms with van der Waals surface area (Å²) in [6.07, 6.45) is 5.07. The van der Waals surface area contributed by atoms with Gasteiger partial charge in [0, 0.05) is 17.9 Å². The van der Waals surface area contributed by atoms with Crippen LogP contribution >= 0.6 is 0 Å². The Labute approximate surface area is 212 Å². The molecule has 0 saturated heterocycles. The van der Waals surface area contributed by atoms with Gasteiger partial charge < -0.3 is 18.4 Å². The van der Waals surface area contributed by atoms with Crippen molar-refractivity contribution in [2.24, 2.45) is 0 Å². The van der Waals surface area contributed by atoms with E-state index < -0.39 is 24.6 Å². The van der Waals surface area contributed by atoms with E-state index in [-0.39, 0.29) is 5.82 Å². The summed E-state index contributed by atoms with van der Waals surface area (Å²) in [6.45, 7) is 0.780. The molecule has 8 heteroatoms. The first-order valence-corrected chi connectivity index (χ1v) is 12.1. The monoisotopic (exact) mass is 499 g/mol. The maximum Gasteiger partial charge on any atom is 0.788 e. The highest BCUT2D eigenvalue weighted by Gasteiger charge is 2.45. The molecule has 3 aromatic carbocycles. The predicted molar refractivity (Wildman–Crippen MR) is 135 cm³/mol. The Balaban J connectivity index is 0.000000444. The Kier molecular flexibility index (Phi) is 9.85. The third-order valence-electron chi connectivity index (χ3n) is 5.60. The minimum Gasteiger partial charge on any atom is -0.501 e. The average molecular weight is 499 g/mol. The number of benzene rings is 3. The average Bonchev–Trinajstić information content (AvgIpc) is 2.79. The molecule has 0 atom stereocenters. The topological polar surface area (TPSA) is 27.7 Å². The Morgan fingerprint density at radius 1 is 0.806 bits per heavy atom. The zero-order valence-electron chi connectivity index (χ0n) is 21.1. The minimum atomic E-state index is -1.12. The van der Waals surface area contributed by atoms with Crippen molar-refractivity contribution in [1.82, 2.24) is 0 Å². The second-order valence-corrected chi connectivity index (χ2v) is 9.97. The number of quaternary nitrogens is 1. The fourth-order valence-corrected chi connectivity index (χ4v) is 4.32. The predicted octanol–water partition coefficient (Wildman–Crippen LogP) is 6.46. The van der Waals surface area contributed by atoms with Gasteiger partial charge in [0.1, 0.15) is 35.3 Å². The summed E-state index contributed by atoms with van der Waals surface area (Å²) >= 11 is 0. The molecule has 0 bridgehead atoms. The van der Waals surface area contributed by atoms with Gasteiger partial charge in [-0.25, -0.2) is 8.78 Å². The molecule has 0 aromatic heterocycles. The molecule has 1 saturated carbocycles. The molecule has 1 fully saturated rings. The van der Waals surface area contributed by atoms with Gasteiger partial charge in [0.15, 0.2) is 0 Å². The van der Waals surface area contributed by atoms with Crippen molar-refractivity contribution in [1.29, 1.82) is 0 Å². The highest BCUT2D eigenvalue weighted by Crippen LogP contribution is 2.34. The maximum absolute atomic E-state index is 13.6. The zero-order chi connectivity index (χ0) is 26.0. The summed E-state index contributed by atoms with van der Waals surface area (Å²) in [6, 6.07) is 20.2. The van der Waals surface area contributed by atoms with Crippen LogP contribution in [0.3, 0.4) is 0 Å². The van der Waals surface area contributed by atoms with E-state index >= 15 is 0 Å². The van der Waals surface area contributed by atoms with Gasteiger partial charge in [-0.15, -0.1) is 12.1 Å². The smallest absolute Gasteiger partial charge is 0.501 e. The molecule has 0 radical (unpaired) electrons. The Morgan fingerprint density at radius 2 is 1.36 bits per heavy atom. The number of hydrogen-bond donors (Lipinski definition) is 0. The number of likely N-dealkylation sites (N-methyl/N-ethyl adjacent to an activating group) is 1. The standard InChI is InChI=1S/C22H29BF2NO3.C6H4F/c1-26(2,3)17-22(13-5-4-6-14-22)29-23(27-20-11-7-9-18(24)15-20)28-21-12-8-10-19(25)16-21;7-6-4-2-1-3-5-6/h7-12,15-16H,4-6,13-14,17H2,1-3H3;1-2,4-5H/q+1;-1. The van der Waals surface area contributed by atoms with E-state index in [1.165, 1.54) is 42.8 Å². The van der Waals surface area contributed by atoms with E-state index in [1.54, 1.807) is 36.4 Å². The lowest BCUT2D eigenvalue weighted by Gasteiger charge is -2.42. The van der Waals surface area contributed by atoms with Gasteiger partial charge in [0.05, 0.1) is 21.1 Å². The highest BCUT2D eigenvalue weighted by molar-refractivity contribution is 6.38. The SMILES string of the molecule is C[N+](C)(C)CC1(OB(Oc2cccc(F)c2)Oc2cccc(F)c2)CCCCC1.Fc1c[c-]ccc1. The lowest BCUT2D eigenvalue weighted by molar-refractivity contribution is -0.877. The van der Waals surface area contributed by atoms with Gasteiger partial charge in [-0.1, -0.05) is 31.4 Å². The first kappa shape index (κ1) is 27.6. The van der Waals surface area contributed by atoms with Crippen LogP contribution in [0.2, 0.25) is 0 Å². The quantitative estimate of drug-likeness (QED) is 0.202. The molecule has 36 heavy (non-hydrogen) atoms. The van der Waals surface area contributed by atoms with Gasteiger partial charge in [-0.2, -0.15) is 18.2 Å². The van der Waals surface area contributed by atoms with E-state index in [0.29, 0.717) is 11.5 Å². The van der Waals surface area contributed by atoms with Crippen molar-refractivity contribution in [2.45, 2.75) is 37.7 Å². The molecule has 4 nitrogen and oxygen atoms in total. The van der Waals surface area contributed by atoms with Crippen molar-refractivity contribution in [3.8, 4) is 11.5 Å². The molecule has 0 unspecified atom stereocenters. The highest BCUT2D eigenvalue weighted by atomic mass is 19.1. The van der Waals surface area contributed by atoms with Crippen LogP contribution in [0.1, 0.15) is 32.1 Å². The van der Waals surface area contributed by atoms with Crippen molar-refractivity contribution >= 4 is 7.32 Å². The molecule has 4 rings (SSSR count). The fraction of sp³-hybridized carbons (Fsp3) is 0.357. The van der Waals surface area contributed by atoms with Crippen molar-refractivity contribution in [2.75, 3.05) is 27.7 Å². The van der Waals surface area contributed by atoms with E-state index in [4.69, 9.17) is 14.0 Å². The van der Waals surface area contributed by atoms with Crippen LogP contribution in [0.5, 0.6) is 11.5 Å². The second-order valence-electron chi connectivity index (χ2n) is 9.97. The molecule has 192 valence electrons. The van der Waals surface area contributed by atoms with Crippen molar-refractivity contribution in [3.05, 3.63) is 96.3 Å². The third kappa shape index (κ3) is 9.59. The maximum atomic E-state index is 13.6. The molecule has 1 aliphatic rings. The van der Waals surface area contributed by atoms with Crippen LogP contribution in [-0.2, 0) is 4.65 Å². The molecule has 1 aliphatic carbocycles. The first-order chi connectivity index (χ1) is 17.1. The number of nitrogens with zero attached hydrogens (tertiary/aromatic N) is 1. The number of hydrogen-bond acceptors (Lipinski definition) is 3. The zero-order valence-corrected chi connectivity index (χ0v) is 21.1. The van der Waals surface area contributed by atoms with Crippen LogP contribution in [0, 0.1) is 23.5 Å². The van der Waals surface area contributed by atoms with Crippen molar-refractivity contribution < 1.29 is 31.6 Å². The molecule has 0 heterocycles. The Morgan fingerprint density at radius 3 is 1.78 bits per heavy atom. The van der Waals surface area contributed by atoms with Crippen LogP contribution < -0.4 is 9.31 Å². The van der Waals surface area contributed by atoms with Crippen LogP contribution in [0.15, 0.2) is 72.8 Å². The first-order valence-electron chi connectivity index (χ1n) is 12.1. The summed E-state index contributed by atoms with van der Waals surface area (Å²) in [5, 5.41) is 0. The largest absolute Gasteiger partial charge is 0.788 e. The van der Waals surface area contributed by atoms with Gasteiger partial charge in [0.25, 0.3) is 0 Å². The molecule has 3 aromatic rings. The Bertz CT molecular complexity index is 1030.